The lowest BCUT2D eigenvalue weighted by atomic mass is 10.0. The van der Waals surface area contributed by atoms with E-state index in [1.807, 2.05) is 24.3 Å². The molecule has 7 aromatic rings. The van der Waals surface area contributed by atoms with Crippen LogP contribution in [0.5, 0.6) is 11.5 Å². The molecule has 0 heterocycles. The lowest BCUT2D eigenvalue weighted by Gasteiger charge is -2.29. The summed E-state index contributed by atoms with van der Waals surface area (Å²) < 4.78 is 10.8. The predicted octanol–water partition coefficient (Wildman–Crippen LogP) is 13.5. The number of rotatable bonds is 12. The third-order valence-electron chi connectivity index (χ3n) is 9.67. The van der Waals surface area contributed by atoms with Crippen molar-refractivity contribution < 1.29 is 19.1 Å². The van der Waals surface area contributed by atoms with Gasteiger partial charge in [-0.1, -0.05) is 103 Å². The topological polar surface area (TPSA) is 59.1 Å². The molecule has 0 amide bonds. The van der Waals surface area contributed by atoms with Crippen LogP contribution < -0.4 is 19.3 Å². The highest BCUT2D eigenvalue weighted by Gasteiger charge is 2.18. The molecule has 0 aliphatic heterocycles. The number of hydrogen-bond donors (Lipinski definition) is 0. The SMILES string of the molecule is C=C(C)C(=O)Oc1ccc(-c2ccc(N(c3ccc(C)cc3)c3cccc(N(c4ccc(C)cc4)c4ccc(-c5ccc(OC(=O)C(=C)C)cc5)cc4)c3)cc2)cc1. The molecule has 7 rings (SSSR count). The molecule has 58 heavy (non-hydrogen) atoms. The monoisotopic (exact) mass is 760 g/mol. The minimum absolute atomic E-state index is 0.353. The molecule has 0 spiro atoms. The Morgan fingerprint density at radius 1 is 0.397 bits per heavy atom. The van der Waals surface area contributed by atoms with Gasteiger partial charge in [-0.25, -0.2) is 9.59 Å². The van der Waals surface area contributed by atoms with Gasteiger partial charge >= 0.3 is 11.9 Å². The van der Waals surface area contributed by atoms with Crippen molar-refractivity contribution in [3.05, 3.63) is 205 Å². The minimum atomic E-state index is -0.443. The Morgan fingerprint density at radius 3 is 0.966 bits per heavy atom. The first-order valence-electron chi connectivity index (χ1n) is 19.0. The molecular formula is C52H44N2O4. The van der Waals surface area contributed by atoms with E-state index in [9.17, 15) is 9.59 Å². The Bertz CT molecular complexity index is 2390. The van der Waals surface area contributed by atoms with E-state index in [0.29, 0.717) is 22.6 Å². The second-order valence-corrected chi connectivity index (χ2v) is 14.3. The Labute approximate surface area is 340 Å². The lowest BCUT2D eigenvalue weighted by molar-refractivity contribution is -0.130. The van der Waals surface area contributed by atoms with Crippen LogP contribution in [0.2, 0.25) is 0 Å². The van der Waals surface area contributed by atoms with Crippen LogP contribution >= 0.6 is 0 Å². The van der Waals surface area contributed by atoms with E-state index in [-0.39, 0.29) is 0 Å². The van der Waals surface area contributed by atoms with E-state index in [2.05, 4.69) is 158 Å². The van der Waals surface area contributed by atoms with Gasteiger partial charge in [0.25, 0.3) is 0 Å². The first-order valence-corrected chi connectivity index (χ1v) is 19.0. The van der Waals surface area contributed by atoms with E-state index in [0.717, 1.165) is 56.4 Å². The van der Waals surface area contributed by atoms with Gasteiger partial charge in [-0.2, -0.15) is 0 Å². The summed E-state index contributed by atoms with van der Waals surface area (Å²) in [7, 11) is 0. The number of esters is 2. The van der Waals surface area contributed by atoms with Crippen molar-refractivity contribution in [3.8, 4) is 33.8 Å². The molecule has 286 valence electrons. The van der Waals surface area contributed by atoms with Gasteiger partial charge in [-0.05, 0) is 141 Å². The summed E-state index contributed by atoms with van der Waals surface area (Å²) in [6.45, 7) is 14.8. The second kappa shape index (κ2) is 17.1. The third kappa shape index (κ3) is 8.99. The first kappa shape index (κ1) is 38.8. The number of carbonyl (C=O) groups excluding carboxylic acids is 2. The van der Waals surface area contributed by atoms with Gasteiger partial charge in [0.1, 0.15) is 11.5 Å². The van der Waals surface area contributed by atoms with Crippen LogP contribution in [0.3, 0.4) is 0 Å². The molecule has 7 aromatic carbocycles. The highest BCUT2D eigenvalue weighted by atomic mass is 16.5. The first-order chi connectivity index (χ1) is 28.0. The maximum absolute atomic E-state index is 12.0. The molecule has 6 heteroatoms. The van der Waals surface area contributed by atoms with E-state index in [1.54, 1.807) is 38.1 Å². The number of ether oxygens (including phenoxy) is 2. The molecule has 0 saturated carbocycles. The van der Waals surface area contributed by atoms with Crippen LogP contribution in [0.15, 0.2) is 194 Å². The Morgan fingerprint density at radius 2 is 0.672 bits per heavy atom. The van der Waals surface area contributed by atoms with Gasteiger partial charge in [-0.3, -0.25) is 0 Å². The highest BCUT2D eigenvalue weighted by molar-refractivity contribution is 5.90. The van der Waals surface area contributed by atoms with E-state index >= 15 is 0 Å². The van der Waals surface area contributed by atoms with Crippen molar-refractivity contribution in [3.63, 3.8) is 0 Å². The molecule has 0 saturated heterocycles. The zero-order valence-electron chi connectivity index (χ0n) is 33.1. The van der Waals surface area contributed by atoms with Gasteiger partial charge in [0.15, 0.2) is 0 Å². The number of anilines is 6. The van der Waals surface area contributed by atoms with Crippen LogP contribution in [0, 0.1) is 13.8 Å². The fraction of sp³-hybridized carbons (Fsp3) is 0.0769. The molecule has 0 radical (unpaired) electrons. The molecule has 0 atom stereocenters. The summed E-state index contributed by atoms with van der Waals surface area (Å²) in [4.78, 5) is 28.5. The fourth-order valence-electron chi connectivity index (χ4n) is 6.48. The second-order valence-electron chi connectivity index (χ2n) is 14.3. The van der Waals surface area contributed by atoms with Gasteiger partial charge in [0, 0.05) is 45.3 Å². The van der Waals surface area contributed by atoms with Gasteiger partial charge in [-0.15, -0.1) is 0 Å². The minimum Gasteiger partial charge on any atom is -0.423 e. The molecular weight excluding hydrogens is 717 g/mol. The molecule has 0 fully saturated rings. The molecule has 0 bridgehead atoms. The van der Waals surface area contributed by atoms with Crippen LogP contribution in [0.25, 0.3) is 22.3 Å². The molecule has 0 aliphatic rings. The van der Waals surface area contributed by atoms with Crippen molar-refractivity contribution in [1.82, 2.24) is 0 Å². The molecule has 0 N–H and O–H groups in total. The van der Waals surface area contributed by atoms with Gasteiger partial charge < -0.3 is 19.3 Å². The van der Waals surface area contributed by atoms with Crippen LogP contribution in [-0.2, 0) is 9.59 Å². The quantitative estimate of drug-likeness (QED) is 0.0702. The number of hydrogen-bond acceptors (Lipinski definition) is 6. The number of benzene rings is 7. The van der Waals surface area contributed by atoms with E-state index in [4.69, 9.17) is 9.47 Å². The summed E-state index contributed by atoms with van der Waals surface area (Å²) in [6.07, 6.45) is 0. The zero-order chi connectivity index (χ0) is 40.8. The summed E-state index contributed by atoms with van der Waals surface area (Å²) in [6, 6.07) is 57.6. The number of nitrogens with zero attached hydrogens (tertiary/aromatic N) is 2. The van der Waals surface area contributed by atoms with E-state index < -0.39 is 11.9 Å². The largest absolute Gasteiger partial charge is 0.423 e. The molecule has 6 nitrogen and oxygen atoms in total. The van der Waals surface area contributed by atoms with Crippen molar-refractivity contribution in [1.29, 1.82) is 0 Å². The average Bonchev–Trinajstić information content (AvgIpc) is 3.24. The summed E-state index contributed by atoms with van der Waals surface area (Å²) >= 11 is 0. The maximum atomic E-state index is 12.0. The zero-order valence-corrected chi connectivity index (χ0v) is 33.1. The normalized spacial score (nSPS) is 10.7. The lowest BCUT2D eigenvalue weighted by Crippen LogP contribution is -2.13. The van der Waals surface area contributed by atoms with Crippen molar-refractivity contribution >= 4 is 46.1 Å². The summed E-state index contributed by atoms with van der Waals surface area (Å²) in [5, 5.41) is 0. The Balaban J connectivity index is 1.22. The smallest absolute Gasteiger partial charge is 0.338 e. The van der Waals surface area contributed by atoms with Crippen LogP contribution in [0.1, 0.15) is 25.0 Å². The third-order valence-corrected chi connectivity index (χ3v) is 9.67. The Kier molecular flexibility index (Phi) is 11.5. The standard InChI is InChI=1S/C52H44N2O4/c1-35(2)51(55)57-49-30-18-41(19-31-49)39-14-26-45(27-15-39)53(43-22-10-37(5)11-23-43)47-8-7-9-48(34-47)54(44-24-12-38(6)13-25-44)46-28-16-40(17-29-46)42-20-32-50(33-21-42)58-52(56)36(3)4/h7-34H,1,3H2,2,4-6H3. The van der Waals surface area contributed by atoms with Gasteiger partial charge in [0.05, 0.1) is 0 Å². The number of aryl methyl sites for hydroxylation is 2. The molecule has 0 unspecified atom stereocenters. The van der Waals surface area contributed by atoms with Gasteiger partial charge in [0.2, 0.25) is 0 Å². The maximum Gasteiger partial charge on any atom is 0.338 e. The van der Waals surface area contributed by atoms with Crippen LogP contribution in [-0.4, -0.2) is 11.9 Å². The van der Waals surface area contributed by atoms with Crippen LogP contribution in [0.4, 0.5) is 34.1 Å². The Hall–Kier alpha value is -7.44. The molecule has 0 aromatic heterocycles. The molecule has 0 aliphatic carbocycles. The van der Waals surface area contributed by atoms with Crippen molar-refractivity contribution in [2.75, 3.05) is 9.80 Å². The fourth-order valence-corrected chi connectivity index (χ4v) is 6.48. The van der Waals surface area contributed by atoms with E-state index in [1.165, 1.54) is 11.1 Å². The predicted molar refractivity (Wildman–Crippen MR) is 237 cm³/mol. The average molecular weight is 761 g/mol. The van der Waals surface area contributed by atoms with Crippen molar-refractivity contribution in [2.45, 2.75) is 27.7 Å². The summed E-state index contributed by atoms with van der Waals surface area (Å²) in [5.41, 5.74) is 13.2. The van der Waals surface area contributed by atoms with Crippen molar-refractivity contribution in [2.24, 2.45) is 0 Å². The number of carbonyl (C=O) groups is 2. The highest BCUT2D eigenvalue weighted by Crippen LogP contribution is 2.41. The summed E-state index contributed by atoms with van der Waals surface area (Å²) in [5.74, 6) is 0.0667.